The molecule has 0 amide bonds. The fourth-order valence-electron chi connectivity index (χ4n) is 3.14. The number of nitrogens with zero attached hydrogens (tertiary/aromatic N) is 3. The summed E-state index contributed by atoms with van der Waals surface area (Å²) in [6.45, 7) is 0.811. The number of anilines is 1. The van der Waals surface area contributed by atoms with E-state index in [1.807, 2.05) is 0 Å². The zero-order chi connectivity index (χ0) is 16.9. The molecule has 0 saturated carbocycles. The topological polar surface area (TPSA) is 66.5 Å². The largest absolute Gasteiger partial charge is 0.369 e. The lowest BCUT2D eigenvalue weighted by molar-refractivity contribution is 0.743. The number of hydrogen-bond donors (Lipinski definition) is 2. The van der Waals surface area contributed by atoms with Crippen LogP contribution in [-0.4, -0.2) is 26.7 Å². The van der Waals surface area contributed by atoms with E-state index in [-0.39, 0.29) is 0 Å². The monoisotopic (exact) mass is 329 g/mol. The molecule has 0 aliphatic carbocycles. The number of aromatic nitrogens is 4. The highest BCUT2D eigenvalue weighted by molar-refractivity contribution is 5.85. The Morgan fingerprint density at radius 3 is 2.24 bits per heavy atom. The van der Waals surface area contributed by atoms with E-state index in [1.54, 1.807) is 12.5 Å². The second-order valence-corrected chi connectivity index (χ2v) is 5.94. The van der Waals surface area contributed by atoms with Crippen LogP contribution in [0.4, 0.5) is 5.82 Å². The van der Waals surface area contributed by atoms with Crippen LogP contribution in [0, 0.1) is 0 Å². The van der Waals surface area contributed by atoms with Gasteiger partial charge in [0.1, 0.15) is 12.1 Å². The van der Waals surface area contributed by atoms with Gasteiger partial charge in [-0.05, 0) is 17.5 Å². The predicted octanol–water partition coefficient (Wildman–Crippen LogP) is 3.99. The molecule has 0 aliphatic heterocycles. The lowest BCUT2D eigenvalue weighted by Crippen LogP contribution is -2.10. The average Bonchev–Trinajstić information content (AvgIpc) is 3.16. The highest BCUT2D eigenvalue weighted by Crippen LogP contribution is 2.28. The Hall–Kier alpha value is -3.21. The first-order valence-electron chi connectivity index (χ1n) is 8.39. The van der Waals surface area contributed by atoms with Gasteiger partial charge in [0.15, 0.2) is 5.65 Å². The number of aromatic amines is 1. The van der Waals surface area contributed by atoms with Crippen LogP contribution in [-0.2, 0) is 0 Å². The fourth-order valence-corrected chi connectivity index (χ4v) is 3.14. The third-order valence-corrected chi connectivity index (χ3v) is 4.38. The molecule has 0 unspecified atom stereocenters. The Morgan fingerprint density at radius 2 is 1.56 bits per heavy atom. The summed E-state index contributed by atoms with van der Waals surface area (Å²) in [4.78, 5) is 8.51. The number of benzene rings is 2. The van der Waals surface area contributed by atoms with E-state index in [2.05, 4.69) is 86.1 Å². The number of rotatable bonds is 6. The molecular weight excluding hydrogens is 310 g/mol. The van der Waals surface area contributed by atoms with Gasteiger partial charge < -0.3 is 5.32 Å². The van der Waals surface area contributed by atoms with Gasteiger partial charge in [-0.3, -0.25) is 5.10 Å². The Labute approximate surface area is 146 Å². The van der Waals surface area contributed by atoms with Crippen LogP contribution < -0.4 is 5.32 Å². The molecule has 2 N–H and O–H groups in total. The number of hydrogen-bond acceptors (Lipinski definition) is 4. The summed E-state index contributed by atoms with van der Waals surface area (Å²) in [5.74, 6) is 1.16. The summed E-state index contributed by atoms with van der Waals surface area (Å²) >= 11 is 0. The predicted molar refractivity (Wildman–Crippen MR) is 99.5 cm³/mol. The summed E-state index contributed by atoms with van der Waals surface area (Å²) in [7, 11) is 0. The molecule has 124 valence electrons. The molecular formula is C20H19N5. The number of nitrogens with one attached hydrogen (secondary N) is 2. The van der Waals surface area contributed by atoms with Crippen molar-refractivity contribution in [1.82, 2.24) is 20.2 Å². The van der Waals surface area contributed by atoms with E-state index in [9.17, 15) is 0 Å². The molecule has 0 bridgehead atoms. The molecule has 0 saturated heterocycles. The Morgan fingerprint density at radius 1 is 0.880 bits per heavy atom. The summed E-state index contributed by atoms with van der Waals surface area (Å²) in [5.41, 5.74) is 3.40. The lowest BCUT2D eigenvalue weighted by Gasteiger charge is -2.18. The van der Waals surface area contributed by atoms with E-state index in [1.165, 1.54) is 11.1 Å². The van der Waals surface area contributed by atoms with Crippen molar-refractivity contribution in [2.45, 2.75) is 12.3 Å². The quantitative estimate of drug-likeness (QED) is 0.561. The van der Waals surface area contributed by atoms with Crippen molar-refractivity contribution in [3.63, 3.8) is 0 Å². The summed E-state index contributed by atoms with van der Waals surface area (Å²) in [5, 5.41) is 11.3. The van der Waals surface area contributed by atoms with Gasteiger partial charge in [0.2, 0.25) is 0 Å². The van der Waals surface area contributed by atoms with E-state index in [0.717, 1.165) is 29.8 Å². The molecule has 0 atom stereocenters. The van der Waals surface area contributed by atoms with Crippen molar-refractivity contribution in [2.75, 3.05) is 11.9 Å². The first-order valence-corrected chi connectivity index (χ1v) is 8.39. The summed E-state index contributed by atoms with van der Waals surface area (Å²) in [6.07, 6.45) is 4.27. The third kappa shape index (κ3) is 3.35. The van der Waals surface area contributed by atoms with Gasteiger partial charge in [-0.15, -0.1) is 0 Å². The zero-order valence-electron chi connectivity index (χ0n) is 13.8. The number of H-pyrrole nitrogens is 1. The Balaban J connectivity index is 1.53. The fraction of sp³-hybridized carbons (Fsp3) is 0.150. The van der Waals surface area contributed by atoms with Crippen molar-refractivity contribution >= 4 is 16.9 Å². The van der Waals surface area contributed by atoms with Crippen LogP contribution in [0.2, 0.25) is 0 Å². The maximum atomic E-state index is 4.34. The first kappa shape index (κ1) is 15.3. The second kappa shape index (κ2) is 7.13. The lowest BCUT2D eigenvalue weighted by atomic mass is 9.88. The van der Waals surface area contributed by atoms with E-state index in [4.69, 9.17) is 0 Å². The van der Waals surface area contributed by atoms with E-state index >= 15 is 0 Å². The summed E-state index contributed by atoms with van der Waals surface area (Å²) < 4.78 is 0. The van der Waals surface area contributed by atoms with Crippen molar-refractivity contribution in [1.29, 1.82) is 0 Å². The molecule has 5 nitrogen and oxygen atoms in total. The van der Waals surface area contributed by atoms with Crippen LogP contribution in [0.1, 0.15) is 23.5 Å². The van der Waals surface area contributed by atoms with Gasteiger partial charge >= 0.3 is 0 Å². The highest BCUT2D eigenvalue weighted by atomic mass is 15.2. The van der Waals surface area contributed by atoms with Crippen molar-refractivity contribution < 1.29 is 0 Å². The molecule has 0 aliphatic rings. The van der Waals surface area contributed by atoms with Crippen LogP contribution >= 0.6 is 0 Å². The van der Waals surface area contributed by atoms with Crippen molar-refractivity contribution in [3.05, 3.63) is 84.3 Å². The molecule has 0 radical (unpaired) electrons. The minimum Gasteiger partial charge on any atom is -0.369 e. The average molecular weight is 329 g/mol. The van der Waals surface area contributed by atoms with Gasteiger partial charge in [-0.25, -0.2) is 9.97 Å². The van der Waals surface area contributed by atoms with Gasteiger partial charge in [-0.1, -0.05) is 60.7 Å². The van der Waals surface area contributed by atoms with E-state index in [0.29, 0.717) is 5.92 Å². The molecule has 2 heterocycles. The maximum Gasteiger partial charge on any atom is 0.160 e. The molecule has 0 fully saturated rings. The molecule has 25 heavy (non-hydrogen) atoms. The van der Waals surface area contributed by atoms with E-state index < -0.39 is 0 Å². The number of fused-ring (bicyclic) bond motifs is 1. The van der Waals surface area contributed by atoms with Crippen LogP contribution in [0.3, 0.4) is 0 Å². The third-order valence-electron chi connectivity index (χ3n) is 4.38. The molecule has 2 aromatic heterocycles. The second-order valence-electron chi connectivity index (χ2n) is 5.94. The summed E-state index contributed by atoms with van der Waals surface area (Å²) in [6, 6.07) is 21.3. The smallest absolute Gasteiger partial charge is 0.160 e. The molecule has 4 aromatic rings. The van der Waals surface area contributed by atoms with Crippen LogP contribution in [0.25, 0.3) is 11.0 Å². The highest BCUT2D eigenvalue weighted by Gasteiger charge is 2.14. The normalized spacial score (nSPS) is 11.1. The Kier molecular flexibility index (Phi) is 4.37. The SMILES string of the molecule is c1ccc(C(CCNc2ncnc3[nH]ncc23)c2ccccc2)cc1. The van der Waals surface area contributed by atoms with Crippen molar-refractivity contribution in [2.24, 2.45) is 0 Å². The molecule has 2 aromatic carbocycles. The minimum absolute atomic E-state index is 0.344. The zero-order valence-corrected chi connectivity index (χ0v) is 13.8. The first-order chi connectivity index (χ1) is 12.4. The minimum atomic E-state index is 0.344. The van der Waals surface area contributed by atoms with Crippen LogP contribution in [0.15, 0.2) is 73.2 Å². The van der Waals surface area contributed by atoms with Gasteiger partial charge in [0.25, 0.3) is 0 Å². The van der Waals surface area contributed by atoms with Gasteiger partial charge in [0, 0.05) is 12.5 Å². The van der Waals surface area contributed by atoms with Gasteiger partial charge in [-0.2, -0.15) is 5.10 Å². The van der Waals surface area contributed by atoms with Crippen LogP contribution in [0.5, 0.6) is 0 Å². The molecule has 0 spiro atoms. The Bertz CT molecular complexity index is 894. The molecule has 4 rings (SSSR count). The standard InChI is InChI=1S/C20H19N5/c1-3-7-15(8-4-1)17(16-9-5-2-6-10-16)11-12-21-19-18-13-24-25-20(18)23-14-22-19/h1-10,13-14,17H,11-12H2,(H2,21,22,23,24,25). The molecule has 5 heteroatoms. The van der Waals surface area contributed by atoms with Crippen molar-refractivity contribution in [3.8, 4) is 0 Å². The van der Waals surface area contributed by atoms with Gasteiger partial charge in [0.05, 0.1) is 11.6 Å². The maximum absolute atomic E-state index is 4.34.